The van der Waals surface area contributed by atoms with Gasteiger partial charge in [0.25, 0.3) is 0 Å². The number of aliphatic hydroxyl groups is 1. The highest BCUT2D eigenvalue weighted by Crippen LogP contribution is 2.31. The molecule has 30 heavy (non-hydrogen) atoms. The van der Waals surface area contributed by atoms with Crippen LogP contribution in [0.2, 0.25) is 0 Å². The van der Waals surface area contributed by atoms with E-state index in [0.29, 0.717) is 26.1 Å². The summed E-state index contributed by atoms with van der Waals surface area (Å²) in [5, 5.41) is 16.2. The van der Waals surface area contributed by atoms with E-state index < -0.39 is 0 Å². The van der Waals surface area contributed by atoms with Gasteiger partial charge in [-0.1, -0.05) is 24.3 Å². The molecule has 2 aliphatic heterocycles. The molecule has 0 spiro atoms. The van der Waals surface area contributed by atoms with Crippen LogP contribution in [0.15, 0.2) is 29.3 Å². The van der Waals surface area contributed by atoms with Gasteiger partial charge in [0, 0.05) is 51.2 Å². The summed E-state index contributed by atoms with van der Waals surface area (Å²) < 4.78 is 5.58. The van der Waals surface area contributed by atoms with Crippen molar-refractivity contribution in [1.82, 2.24) is 15.5 Å². The molecule has 0 radical (unpaired) electrons. The first kappa shape index (κ1) is 24.9. The third-order valence-corrected chi connectivity index (χ3v) is 5.86. The molecule has 2 heterocycles. The van der Waals surface area contributed by atoms with Gasteiger partial charge in [0.2, 0.25) is 5.91 Å². The first-order valence-corrected chi connectivity index (χ1v) is 10.7. The third-order valence-electron chi connectivity index (χ3n) is 5.86. The van der Waals surface area contributed by atoms with Crippen molar-refractivity contribution in [3.05, 3.63) is 35.4 Å². The van der Waals surface area contributed by atoms with Crippen molar-refractivity contribution >= 4 is 35.8 Å². The lowest BCUT2D eigenvalue weighted by atomic mass is 9.84. The summed E-state index contributed by atoms with van der Waals surface area (Å²) >= 11 is 0. The summed E-state index contributed by atoms with van der Waals surface area (Å²) in [4.78, 5) is 18.7. The maximum absolute atomic E-state index is 12.0. The predicted octanol–water partition coefficient (Wildman–Crippen LogP) is 2.27. The van der Waals surface area contributed by atoms with Crippen LogP contribution in [0.5, 0.6) is 0 Å². The number of hydrogen-bond donors (Lipinski definition) is 3. The Bertz CT molecular complexity index is 707. The van der Waals surface area contributed by atoms with Crippen molar-refractivity contribution in [3.63, 3.8) is 0 Å². The molecular formula is C22H35IN4O3. The molecule has 1 aromatic carbocycles. The van der Waals surface area contributed by atoms with Crippen LogP contribution < -0.4 is 10.6 Å². The molecule has 168 valence electrons. The van der Waals surface area contributed by atoms with Crippen molar-refractivity contribution in [1.29, 1.82) is 0 Å². The number of aliphatic hydroxyl groups excluding tert-OH is 1. The van der Waals surface area contributed by atoms with Gasteiger partial charge in [0.15, 0.2) is 5.96 Å². The average Bonchev–Trinajstić information content (AvgIpc) is 3.35. The molecule has 0 aliphatic carbocycles. The number of amides is 1. The average molecular weight is 530 g/mol. The first-order valence-electron chi connectivity index (χ1n) is 10.7. The Labute approximate surface area is 196 Å². The SMILES string of the molecule is CCNC(=NCc1ccccc1CN1CCCC1=O)NCC1(CCO)CCOC1.I. The zero-order valence-corrected chi connectivity index (χ0v) is 20.2. The molecule has 8 heteroatoms. The smallest absolute Gasteiger partial charge is 0.222 e. The lowest BCUT2D eigenvalue weighted by Gasteiger charge is -2.27. The number of carbonyl (C=O) groups excluding carboxylic acids is 1. The van der Waals surface area contributed by atoms with Crippen LogP contribution >= 0.6 is 24.0 Å². The summed E-state index contributed by atoms with van der Waals surface area (Å²) in [7, 11) is 0. The molecule has 2 aliphatic rings. The van der Waals surface area contributed by atoms with Crippen molar-refractivity contribution in [3.8, 4) is 0 Å². The van der Waals surface area contributed by atoms with Gasteiger partial charge in [0.1, 0.15) is 0 Å². The second-order valence-corrected chi connectivity index (χ2v) is 8.01. The maximum atomic E-state index is 12.0. The highest BCUT2D eigenvalue weighted by atomic mass is 127. The number of nitrogens with one attached hydrogen (secondary N) is 2. The Hall–Kier alpha value is -1.39. The predicted molar refractivity (Wildman–Crippen MR) is 129 cm³/mol. The van der Waals surface area contributed by atoms with Gasteiger partial charge in [-0.15, -0.1) is 24.0 Å². The number of aliphatic imine (C=N–C) groups is 1. The van der Waals surface area contributed by atoms with Crippen LogP contribution in [0.4, 0.5) is 0 Å². The number of guanidine groups is 1. The molecular weight excluding hydrogens is 495 g/mol. The normalized spacial score (nSPS) is 21.6. The molecule has 1 amide bonds. The number of nitrogens with zero attached hydrogens (tertiary/aromatic N) is 2. The summed E-state index contributed by atoms with van der Waals surface area (Å²) in [6.07, 6.45) is 3.29. The van der Waals surface area contributed by atoms with Crippen molar-refractivity contribution < 1.29 is 14.6 Å². The minimum atomic E-state index is -0.0288. The topological polar surface area (TPSA) is 86.2 Å². The molecule has 1 aromatic rings. The Balaban J connectivity index is 0.00000320. The molecule has 0 aromatic heterocycles. The Morgan fingerprint density at radius 2 is 2.10 bits per heavy atom. The van der Waals surface area contributed by atoms with Crippen LogP contribution in [0.25, 0.3) is 0 Å². The summed E-state index contributed by atoms with van der Waals surface area (Å²) in [5.74, 6) is 1.01. The monoisotopic (exact) mass is 530 g/mol. The van der Waals surface area contributed by atoms with E-state index in [2.05, 4.69) is 22.8 Å². The van der Waals surface area contributed by atoms with Gasteiger partial charge >= 0.3 is 0 Å². The molecule has 7 nitrogen and oxygen atoms in total. The Kier molecular flexibility index (Phi) is 10.3. The zero-order valence-electron chi connectivity index (χ0n) is 17.9. The Morgan fingerprint density at radius 1 is 1.30 bits per heavy atom. The summed E-state index contributed by atoms with van der Waals surface area (Å²) in [6.45, 7) is 7.19. The Morgan fingerprint density at radius 3 is 2.73 bits per heavy atom. The molecule has 3 rings (SSSR count). The van der Waals surface area contributed by atoms with E-state index in [1.165, 1.54) is 0 Å². The van der Waals surface area contributed by atoms with Crippen molar-refractivity contribution in [2.75, 3.05) is 39.5 Å². The van der Waals surface area contributed by atoms with Gasteiger partial charge in [-0.2, -0.15) is 0 Å². The van der Waals surface area contributed by atoms with Crippen LogP contribution in [0, 0.1) is 5.41 Å². The standard InChI is InChI=1S/C22H34N4O3.HI/c1-2-23-21(25-16-22(9-12-27)10-13-29-17-22)24-14-18-6-3-4-7-19(18)15-26-11-5-8-20(26)28;/h3-4,6-7,27H,2,5,8-17H2,1H3,(H2,23,24,25);1H. The molecule has 1 atom stereocenters. The molecule has 1 unspecified atom stereocenters. The van der Waals surface area contributed by atoms with Gasteiger partial charge in [0.05, 0.1) is 13.2 Å². The van der Waals surface area contributed by atoms with Crippen LogP contribution in [0.1, 0.15) is 43.7 Å². The highest BCUT2D eigenvalue weighted by molar-refractivity contribution is 14.0. The van der Waals surface area contributed by atoms with Gasteiger partial charge in [-0.05, 0) is 37.3 Å². The third kappa shape index (κ3) is 6.81. The quantitative estimate of drug-likeness (QED) is 0.259. The second kappa shape index (κ2) is 12.5. The van der Waals surface area contributed by atoms with Crippen molar-refractivity contribution in [2.45, 2.75) is 45.7 Å². The van der Waals surface area contributed by atoms with Crippen LogP contribution in [0.3, 0.4) is 0 Å². The largest absolute Gasteiger partial charge is 0.396 e. The van der Waals surface area contributed by atoms with Gasteiger partial charge in [-0.25, -0.2) is 4.99 Å². The first-order chi connectivity index (χ1) is 14.2. The van der Waals surface area contributed by atoms with Crippen LogP contribution in [-0.4, -0.2) is 61.3 Å². The number of rotatable bonds is 9. The van der Waals surface area contributed by atoms with Gasteiger partial charge in [-0.3, -0.25) is 4.79 Å². The number of carbonyl (C=O) groups is 1. The molecule has 2 saturated heterocycles. The summed E-state index contributed by atoms with van der Waals surface area (Å²) in [6, 6.07) is 8.21. The van der Waals surface area contributed by atoms with E-state index in [9.17, 15) is 9.90 Å². The second-order valence-electron chi connectivity index (χ2n) is 8.01. The molecule has 0 bridgehead atoms. The lowest BCUT2D eigenvalue weighted by Crippen LogP contribution is -2.44. The molecule has 3 N–H and O–H groups in total. The van der Waals surface area contributed by atoms with E-state index >= 15 is 0 Å². The highest BCUT2D eigenvalue weighted by Gasteiger charge is 2.34. The maximum Gasteiger partial charge on any atom is 0.222 e. The fraction of sp³-hybridized carbons (Fsp3) is 0.636. The fourth-order valence-electron chi connectivity index (χ4n) is 4.03. The number of benzene rings is 1. The zero-order chi connectivity index (χ0) is 20.5. The molecule has 2 fully saturated rings. The minimum absolute atomic E-state index is 0. The van der Waals surface area contributed by atoms with E-state index in [1.54, 1.807) is 0 Å². The van der Waals surface area contributed by atoms with E-state index in [1.807, 2.05) is 24.0 Å². The minimum Gasteiger partial charge on any atom is -0.396 e. The van der Waals surface area contributed by atoms with Crippen molar-refractivity contribution in [2.24, 2.45) is 10.4 Å². The van der Waals surface area contributed by atoms with Crippen LogP contribution in [-0.2, 0) is 22.6 Å². The molecule has 0 saturated carbocycles. The van der Waals surface area contributed by atoms with Gasteiger partial charge < -0.3 is 25.4 Å². The lowest BCUT2D eigenvalue weighted by molar-refractivity contribution is -0.128. The number of likely N-dealkylation sites (tertiary alicyclic amines) is 1. The van der Waals surface area contributed by atoms with E-state index in [4.69, 9.17) is 9.73 Å². The fourth-order valence-corrected chi connectivity index (χ4v) is 4.03. The van der Waals surface area contributed by atoms with E-state index in [0.717, 1.165) is 62.6 Å². The van der Waals surface area contributed by atoms with E-state index in [-0.39, 0.29) is 41.9 Å². The summed E-state index contributed by atoms with van der Waals surface area (Å²) in [5.41, 5.74) is 2.26. The number of hydrogen-bond acceptors (Lipinski definition) is 4. The number of ether oxygens (including phenoxy) is 1. The number of halogens is 1.